The minimum Gasteiger partial charge on any atom is -0.306 e. The first-order chi connectivity index (χ1) is 7.84. The van der Waals surface area contributed by atoms with E-state index in [2.05, 4.69) is 6.92 Å². The molecule has 0 aromatic rings. The highest BCUT2D eigenvalue weighted by atomic mass is 31.2. The van der Waals surface area contributed by atoms with Gasteiger partial charge in [0.2, 0.25) is 0 Å². The maximum atomic E-state index is 10.9. The van der Waals surface area contributed by atoms with Crippen LogP contribution in [0.1, 0.15) is 32.6 Å². The van der Waals surface area contributed by atoms with Crippen LogP contribution in [-0.2, 0) is 9.13 Å². The Kier molecular flexibility index (Phi) is 8.22. The molecule has 0 saturated carbocycles. The van der Waals surface area contributed by atoms with Crippen LogP contribution in [0, 0.1) is 0 Å². The Balaban J connectivity index is 4.14. The van der Waals surface area contributed by atoms with E-state index < -0.39 is 21.1 Å². The molecular formula is C9H21NO5P2+2. The smallest absolute Gasteiger partial charge is 0.306 e. The molecule has 0 fully saturated rings. The minimum absolute atomic E-state index is 0.187. The SMILES string of the molecule is CCCCCN(C)CCC(O)([P+](=O)O)[P+](=O)O. The van der Waals surface area contributed by atoms with E-state index in [9.17, 15) is 14.2 Å². The highest BCUT2D eigenvalue weighted by Crippen LogP contribution is 2.51. The summed E-state index contributed by atoms with van der Waals surface area (Å²) in [7, 11) is -4.36. The molecule has 0 heterocycles. The lowest BCUT2D eigenvalue weighted by Crippen LogP contribution is -2.29. The van der Waals surface area contributed by atoms with E-state index in [4.69, 9.17) is 9.79 Å². The lowest BCUT2D eigenvalue weighted by atomic mass is 10.2. The van der Waals surface area contributed by atoms with Crippen LogP contribution in [-0.4, -0.2) is 45.0 Å². The molecule has 0 saturated heterocycles. The van der Waals surface area contributed by atoms with Crippen molar-refractivity contribution in [3.63, 3.8) is 0 Å². The van der Waals surface area contributed by atoms with Crippen LogP contribution in [0.25, 0.3) is 0 Å². The Morgan fingerprint density at radius 1 is 1.12 bits per heavy atom. The lowest BCUT2D eigenvalue weighted by Gasteiger charge is -2.15. The van der Waals surface area contributed by atoms with Gasteiger partial charge in [0.25, 0.3) is 0 Å². The van der Waals surface area contributed by atoms with Crippen molar-refractivity contribution in [3.05, 3.63) is 0 Å². The molecule has 0 amide bonds. The van der Waals surface area contributed by atoms with Crippen molar-refractivity contribution in [2.24, 2.45) is 0 Å². The summed E-state index contributed by atoms with van der Waals surface area (Å²) in [4.78, 5) is 19.6. The number of nitrogens with zero attached hydrogens (tertiary/aromatic N) is 1. The molecular weight excluding hydrogens is 264 g/mol. The van der Waals surface area contributed by atoms with Crippen LogP contribution in [0.5, 0.6) is 0 Å². The monoisotopic (exact) mass is 285 g/mol. The van der Waals surface area contributed by atoms with Gasteiger partial charge in [0.1, 0.15) is 0 Å². The molecule has 17 heavy (non-hydrogen) atoms. The third-order valence-corrected chi connectivity index (χ3v) is 5.28. The lowest BCUT2D eigenvalue weighted by molar-refractivity contribution is 0.155. The molecule has 6 nitrogen and oxygen atoms in total. The topological polar surface area (TPSA) is 98.1 Å². The van der Waals surface area contributed by atoms with Crippen LogP contribution < -0.4 is 0 Å². The summed E-state index contributed by atoms with van der Waals surface area (Å²) in [5, 5.41) is 7.21. The summed E-state index contributed by atoms with van der Waals surface area (Å²) in [6, 6.07) is 0. The average Bonchev–Trinajstić information content (AvgIpc) is 2.25. The molecule has 100 valence electrons. The first kappa shape index (κ1) is 17.0. The van der Waals surface area contributed by atoms with E-state index in [0.29, 0.717) is 6.54 Å². The van der Waals surface area contributed by atoms with Gasteiger partial charge in [0.05, 0.1) is 6.42 Å². The van der Waals surface area contributed by atoms with Crippen molar-refractivity contribution in [1.82, 2.24) is 4.90 Å². The van der Waals surface area contributed by atoms with Gasteiger partial charge >= 0.3 is 21.1 Å². The highest BCUT2D eigenvalue weighted by Gasteiger charge is 2.66. The molecule has 0 rings (SSSR count). The van der Waals surface area contributed by atoms with Gasteiger partial charge in [-0.3, -0.25) is 0 Å². The molecule has 0 bridgehead atoms. The second-order valence-corrected chi connectivity index (χ2v) is 7.00. The molecule has 0 aromatic carbocycles. The van der Waals surface area contributed by atoms with Gasteiger partial charge in [0, 0.05) is 6.54 Å². The first-order valence-electron chi connectivity index (χ1n) is 5.58. The van der Waals surface area contributed by atoms with Crippen molar-refractivity contribution in [1.29, 1.82) is 0 Å². The summed E-state index contributed by atoms with van der Waals surface area (Å²) in [5.41, 5.74) is 0. The van der Waals surface area contributed by atoms with Gasteiger partial charge < -0.3 is 10.0 Å². The van der Waals surface area contributed by atoms with Crippen molar-refractivity contribution >= 4 is 16.1 Å². The standard InChI is InChI=1S/C9H19NO5P2/c1-3-4-5-7-10(2)8-6-9(11,16(12)13)17(14)15/h11H,3-8H2,1-2H3/p+2. The largest absolute Gasteiger partial charge is 0.600 e. The van der Waals surface area contributed by atoms with E-state index in [1.807, 2.05) is 11.9 Å². The van der Waals surface area contributed by atoms with E-state index in [1.165, 1.54) is 0 Å². The Morgan fingerprint density at radius 2 is 1.65 bits per heavy atom. The molecule has 0 aliphatic rings. The zero-order valence-corrected chi connectivity index (χ0v) is 12.0. The Labute approximate surface area is 103 Å². The van der Waals surface area contributed by atoms with E-state index >= 15 is 0 Å². The summed E-state index contributed by atoms with van der Waals surface area (Å²) in [6.45, 7) is 3.20. The Hall–Kier alpha value is 0.0400. The van der Waals surface area contributed by atoms with Gasteiger partial charge in [-0.25, -0.2) is 0 Å². The molecule has 2 atom stereocenters. The van der Waals surface area contributed by atoms with Gasteiger partial charge in [-0.15, -0.1) is 0 Å². The van der Waals surface area contributed by atoms with Crippen LogP contribution in [0.15, 0.2) is 0 Å². The third kappa shape index (κ3) is 5.96. The fourth-order valence-corrected chi connectivity index (χ4v) is 2.52. The molecule has 2 unspecified atom stereocenters. The number of rotatable bonds is 9. The molecule has 0 spiro atoms. The molecule has 0 radical (unpaired) electrons. The molecule has 3 N–H and O–H groups in total. The predicted octanol–water partition coefficient (Wildman–Crippen LogP) is 1.61. The highest BCUT2D eigenvalue weighted by molar-refractivity contribution is 7.59. The van der Waals surface area contributed by atoms with Crippen LogP contribution in [0.3, 0.4) is 0 Å². The van der Waals surface area contributed by atoms with E-state index in [-0.39, 0.29) is 6.42 Å². The molecule has 0 aliphatic carbocycles. The second-order valence-electron chi connectivity index (χ2n) is 4.08. The van der Waals surface area contributed by atoms with Gasteiger partial charge in [-0.2, -0.15) is 9.79 Å². The van der Waals surface area contributed by atoms with Crippen LogP contribution in [0.4, 0.5) is 0 Å². The van der Waals surface area contributed by atoms with E-state index in [0.717, 1.165) is 25.8 Å². The van der Waals surface area contributed by atoms with Crippen LogP contribution >= 0.6 is 16.1 Å². The fourth-order valence-electron chi connectivity index (χ4n) is 1.35. The zero-order valence-electron chi connectivity index (χ0n) is 10.2. The molecule has 0 aliphatic heterocycles. The van der Waals surface area contributed by atoms with E-state index in [1.54, 1.807) is 0 Å². The summed E-state index contributed by atoms with van der Waals surface area (Å²) in [6.07, 6.45) is 3.01. The number of hydrogen-bond donors (Lipinski definition) is 3. The van der Waals surface area contributed by atoms with Crippen LogP contribution in [0.2, 0.25) is 0 Å². The number of unbranched alkanes of at least 4 members (excludes halogenated alkanes) is 2. The zero-order chi connectivity index (χ0) is 13.5. The van der Waals surface area contributed by atoms with Crippen molar-refractivity contribution in [3.8, 4) is 0 Å². The molecule has 0 aromatic heterocycles. The predicted molar refractivity (Wildman–Crippen MR) is 66.2 cm³/mol. The van der Waals surface area contributed by atoms with Crippen molar-refractivity contribution in [2.45, 2.75) is 37.7 Å². The summed E-state index contributed by atoms with van der Waals surface area (Å²) >= 11 is 0. The minimum atomic E-state index is -3.09. The third-order valence-electron chi connectivity index (χ3n) is 2.59. The average molecular weight is 285 g/mol. The second kappa shape index (κ2) is 8.20. The first-order valence-corrected chi connectivity index (χ1v) is 8.00. The van der Waals surface area contributed by atoms with Gasteiger partial charge in [-0.05, 0) is 29.1 Å². The summed E-state index contributed by atoms with van der Waals surface area (Å²) in [5.74, 6) is 0. The van der Waals surface area contributed by atoms with Crippen molar-refractivity contribution in [2.75, 3.05) is 20.1 Å². The number of aliphatic hydroxyl groups is 1. The Bertz CT molecular complexity index is 260. The summed E-state index contributed by atoms with van der Waals surface area (Å²) < 4.78 is 21.7. The maximum absolute atomic E-state index is 10.9. The number of hydrogen-bond acceptors (Lipinski definition) is 4. The Morgan fingerprint density at radius 3 is 2.06 bits per heavy atom. The molecule has 8 heteroatoms. The van der Waals surface area contributed by atoms with Gasteiger partial charge in [0.15, 0.2) is 0 Å². The normalized spacial score (nSPS) is 16.8. The fraction of sp³-hybridized carbons (Fsp3) is 1.00. The maximum Gasteiger partial charge on any atom is 0.600 e. The quantitative estimate of drug-likeness (QED) is 0.440. The van der Waals surface area contributed by atoms with Crippen molar-refractivity contribution < 1.29 is 24.0 Å². The van der Waals surface area contributed by atoms with Gasteiger partial charge in [-0.1, -0.05) is 19.8 Å².